The van der Waals surface area contributed by atoms with Gasteiger partial charge >= 0.3 is 18.2 Å². The first-order valence-electron chi connectivity index (χ1n) is 14.0. The highest BCUT2D eigenvalue weighted by atomic mass is 31.0. The summed E-state index contributed by atoms with van der Waals surface area (Å²) in [6.45, 7) is 13.5. The van der Waals surface area contributed by atoms with Crippen molar-refractivity contribution >= 4 is 15.2 Å². The van der Waals surface area contributed by atoms with Crippen molar-refractivity contribution in [3.05, 3.63) is 101 Å². The normalized spacial score (nSPS) is 12.7. The van der Waals surface area contributed by atoms with Crippen LogP contribution in [-0.4, -0.2) is 24.3 Å². The molecule has 0 fully saturated rings. The minimum absolute atomic E-state index is 0.0764. The van der Waals surface area contributed by atoms with Crippen molar-refractivity contribution in [3.8, 4) is 11.5 Å². The lowest BCUT2D eigenvalue weighted by molar-refractivity contribution is -0.274. The van der Waals surface area contributed by atoms with Crippen LogP contribution in [-0.2, 0) is 27.3 Å². The third-order valence-electron chi connectivity index (χ3n) is 5.13. The van der Waals surface area contributed by atoms with Crippen LogP contribution >= 0.6 is 9.24 Å². The van der Waals surface area contributed by atoms with Crippen LogP contribution in [0.15, 0.2) is 89.9 Å². The van der Waals surface area contributed by atoms with Gasteiger partial charge < -0.3 is 18.9 Å². The van der Waals surface area contributed by atoms with Gasteiger partial charge in [-0.05, 0) is 89.0 Å². The molecule has 0 aliphatic heterocycles. The number of halogens is 5. The molecule has 44 heavy (non-hydrogen) atoms. The van der Waals surface area contributed by atoms with E-state index in [1.54, 1.807) is 24.3 Å². The van der Waals surface area contributed by atoms with Crippen molar-refractivity contribution in [1.82, 2.24) is 0 Å². The molecule has 5 nitrogen and oxygen atoms in total. The topological polar surface area (TPSA) is 54.0 Å². The summed E-state index contributed by atoms with van der Waals surface area (Å²) in [7, 11) is 1.33. The Bertz CT molecular complexity index is 1230. The molecule has 0 N–H and O–H groups in total. The van der Waals surface area contributed by atoms with Crippen LogP contribution in [0.4, 0.5) is 22.0 Å². The number of alkyl halides is 5. The Hall–Kier alpha value is -3.61. The first kappa shape index (κ1) is 40.4. The van der Waals surface area contributed by atoms with Crippen LogP contribution in [0.25, 0.3) is 0 Å². The lowest BCUT2D eigenvalue weighted by Gasteiger charge is -2.13. The van der Waals surface area contributed by atoms with Crippen LogP contribution < -0.4 is 9.47 Å². The molecule has 3 rings (SSSR count). The first-order chi connectivity index (χ1) is 20.6. The highest BCUT2D eigenvalue weighted by Gasteiger charge is 2.30. The fourth-order valence-electron chi connectivity index (χ4n) is 2.92. The molecule has 1 aliphatic rings. The number of esters is 1. The van der Waals surface area contributed by atoms with Gasteiger partial charge in [-0.3, -0.25) is 4.79 Å². The molecular weight excluding hydrogens is 602 g/mol. The Balaban J connectivity index is 0.000000685. The van der Waals surface area contributed by atoms with E-state index in [-0.39, 0.29) is 23.6 Å². The average Bonchev–Trinajstić information content (AvgIpc) is 3.16. The first-order valence-corrected chi connectivity index (χ1v) is 14.6. The summed E-state index contributed by atoms with van der Waals surface area (Å²) in [6.07, 6.45) is 4.66. The van der Waals surface area contributed by atoms with Crippen LogP contribution in [0.5, 0.6) is 11.5 Å². The summed E-state index contributed by atoms with van der Waals surface area (Å²) >= 11 is 0. The number of ether oxygens (including phenoxy) is 4. The lowest BCUT2D eigenvalue weighted by Crippen LogP contribution is -2.16. The third kappa shape index (κ3) is 21.1. The molecular formula is C33H42F5O5P. The van der Waals surface area contributed by atoms with Gasteiger partial charge in [0.05, 0.1) is 6.10 Å². The van der Waals surface area contributed by atoms with Crippen LogP contribution in [0.1, 0.15) is 66.0 Å². The maximum Gasteiger partial charge on any atom is 0.573 e. The van der Waals surface area contributed by atoms with Gasteiger partial charge in [-0.15, -0.1) is 13.2 Å². The van der Waals surface area contributed by atoms with Gasteiger partial charge in [-0.1, -0.05) is 69.8 Å². The van der Waals surface area contributed by atoms with Crippen molar-refractivity contribution in [2.24, 2.45) is 0 Å². The molecule has 11 heteroatoms. The van der Waals surface area contributed by atoms with Crippen LogP contribution in [0, 0.1) is 0 Å². The number of aryl methyl sites for hydroxylation is 1. The van der Waals surface area contributed by atoms with Crippen molar-refractivity contribution in [1.29, 1.82) is 0 Å². The van der Waals surface area contributed by atoms with E-state index in [1.807, 2.05) is 65.8 Å². The molecule has 0 spiro atoms. The Morgan fingerprint density at radius 1 is 0.909 bits per heavy atom. The van der Waals surface area contributed by atoms with Gasteiger partial charge in [0, 0.05) is 6.92 Å². The zero-order valence-corrected chi connectivity index (χ0v) is 27.3. The van der Waals surface area contributed by atoms with Crippen LogP contribution in [0.2, 0.25) is 0 Å². The van der Waals surface area contributed by atoms with E-state index < -0.39 is 12.2 Å². The van der Waals surface area contributed by atoms with Crippen molar-refractivity contribution in [3.63, 3.8) is 0 Å². The predicted octanol–water partition coefficient (Wildman–Crippen LogP) is 10.1. The van der Waals surface area contributed by atoms with Gasteiger partial charge in [-0.25, -0.2) is 0 Å². The van der Waals surface area contributed by atoms with Gasteiger partial charge in [0.25, 0.3) is 0 Å². The number of allylic oxidation sites excluding steroid dienone is 4. The molecule has 0 saturated heterocycles. The Labute approximate surface area is 259 Å². The predicted molar refractivity (Wildman–Crippen MR) is 166 cm³/mol. The summed E-state index contributed by atoms with van der Waals surface area (Å²) in [6, 6.07) is 12.2. The standard InChI is InChI=1S/C16H15F2O2P.C9H9F3O.C6H12O2.C2H6/c1-12-3-2-4-14(8-5-12)19-11-13-6-9-15(10-7-13)20-16(17,18)21;1-2-7-3-5-8(6-4-7)13-9(10,11)12;1-4-5(2)8-6(3)7;1-2/h2-7,9-10H,11,21H2,1H3;3-6H,2H2,1H3;5H,4H2,1-3H3;1-2H3. The Morgan fingerprint density at radius 2 is 1.43 bits per heavy atom. The second kappa shape index (κ2) is 21.2. The van der Waals surface area contributed by atoms with Crippen LogP contribution in [0.3, 0.4) is 0 Å². The van der Waals surface area contributed by atoms with Gasteiger partial charge in [0.1, 0.15) is 18.1 Å². The average molecular weight is 645 g/mol. The fourth-order valence-corrected chi connectivity index (χ4v) is 3.06. The molecule has 244 valence electrons. The second-order valence-corrected chi connectivity index (χ2v) is 9.56. The van der Waals surface area contributed by atoms with Gasteiger partial charge in [0.15, 0.2) is 5.76 Å². The van der Waals surface area contributed by atoms with Gasteiger partial charge in [0.2, 0.25) is 0 Å². The van der Waals surface area contributed by atoms with E-state index in [0.29, 0.717) is 12.4 Å². The number of hydrogen-bond donors (Lipinski definition) is 0. The molecule has 1 aliphatic carbocycles. The monoisotopic (exact) mass is 644 g/mol. The maximum absolute atomic E-state index is 12.7. The molecule has 0 amide bonds. The zero-order valence-electron chi connectivity index (χ0n) is 26.1. The highest BCUT2D eigenvalue weighted by molar-refractivity contribution is 7.17. The number of carbonyl (C=O) groups excluding carboxylic acids is 1. The van der Waals surface area contributed by atoms with E-state index in [1.165, 1.54) is 40.4 Å². The number of hydrogen-bond acceptors (Lipinski definition) is 5. The molecule has 2 aromatic carbocycles. The second-order valence-electron chi connectivity index (χ2n) is 8.89. The molecule has 2 atom stereocenters. The van der Waals surface area contributed by atoms with E-state index in [9.17, 15) is 26.7 Å². The summed E-state index contributed by atoms with van der Waals surface area (Å²) in [4.78, 5) is 10.2. The molecule has 2 unspecified atom stereocenters. The fraction of sp³-hybridized carbons (Fsp3) is 0.394. The van der Waals surface area contributed by atoms with Gasteiger partial charge in [-0.2, -0.15) is 8.78 Å². The largest absolute Gasteiger partial charge is 0.573 e. The smallest absolute Gasteiger partial charge is 0.481 e. The van der Waals surface area contributed by atoms with E-state index >= 15 is 0 Å². The number of benzene rings is 2. The molecule has 2 aromatic rings. The quantitative estimate of drug-likeness (QED) is 0.118. The summed E-state index contributed by atoms with van der Waals surface area (Å²) in [5.74, 6) is -2.90. The summed E-state index contributed by atoms with van der Waals surface area (Å²) in [5.41, 5.74) is 5.95. The Kier molecular flexibility index (Phi) is 19.4. The van der Waals surface area contributed by atoms with Crippen molar-refractivity contribution in [2.45, 2.75) is 86.2 Å². The minimum Gasteiger partial charge on any atom is -0.481 e. The summed E-state index contributed by atoms with van der Waals surface area (Å²) in [5, 5.41) is 0. The highest BCUT2D eigenvalue weighted by Crippen LogP contribution is 2.27. The van der Waals surface area contributed by atoms with E-state index in [2.05, 4.69) is 15.2 Å². The Morgan fingerprint density at radius 3 is 1.86 bits per heavy atom. The molecule has 0 saturated carbocycles. The van der Waals surface area contributed by atoms with E-state index in [0.717, 1.165) is 29.5 Å². The molecule has 0 bridgehead atoms. The van der Waals surface area contributed by atoms with Crippen molar-refractivity contribution < 1.29 is 45.7 Å². The van der Waals surface area contributed by atoms with E-state index in [4.69, 9.17) is 9.47 Å². The molecule has 0 heterocycles. The number of rotatable bonds is 9. The SMILES string of the molecule is CC.CC1=CC=CC(OCc2ccc(OC(F)(F)P)cc2)=C=C1.CCC(C)OC(C)=O.CCc1ccc(OC(F)(F)F)cc1. The molecule has 0 aromatic heterocycles. The zero-order chi connectivity index (χ0) is 33.8. The number of carbonyl (C=O) groups is 1. The third-order valence-corrected chi connectivity index (χ3v) is 5.25. The maximum atomic E-state index is 12.7. The minimum atomic E-state index is -4.60. The lowest BCUT2D eigenvalue weighted by atomic mass is 10.2. The molecule has 0 radical (unpaired) electrons. The van der Waals surface area contributed by atoms with Crippen molar-refractivity contribution in [2.75, 3.05) is 0 Å². The summed E-state index contributed by atoms with van der Waals surface area (Å²) < 4.78 is 78.9.